The normalized spacial score (nSPS) is 18.1. The van der Waals surface area contributed by atoms with E-state index in [1.54, 1.807) is 0 Å². The van der Waals surface area contributed by atoms with Crippen LogP contribution in [-0.2, 0) is 0 Å². The van der Waals surface area contributed by atoms with Crippen molar-refractivity contribution >= 4 is 10.9 Å². The van der Waals surface area contributed by atoms with Gasteiger partial charge >= 0.3 is 0 Å². The zero-order valence-electron chi connectivity index (χ0n) is 12.5. The molecular formula is C18H24N2. The lowest BCUT2D eigenvalue weighted by Crippen LogP contribution is -2.28. The van der Waals surface area contributed by atoms with Gasteiger partial charge in [-0.2, -0.15) is 0 Å². The minimum Gasteiger partial charge on any atom is -0.310 e. The third-order valence-electron chi connectivity index (χ3n) is 4.49. The van der Waals surface area contributed by atoms with Gasteiger partial charge in [0.05, 0.1) is 5.52 Å². The van der Waals surface area contributed by atoms with Crippen LogP contribution in [0.2, 0.25) is 0 Å². The maximum absolute atomic E-state index is 4.50. The molecule has 2 atom stereocenters. The van der Waals surface area contributed by atoms with Gasteiger partial charge in [0.25, 0.3) is 0 Å². The van der Waals surface area contributed by atoms with Crippen LogP contribution in [0.3, 0.4) is 0 Å². The van der Waals surface area contributed by atoms with Crippen LogP contribution in [0.25, 0.3) is 10.9 Å². The average molecular weight is 268 g/mol. The Morgan fingerprint density at radius 2 is 2.15 bits per heavy atom. The zero-order chi connectivity index (χ0) is 13.9. The Bertz CT molecular complexity index is 574. The van der Waals surface area contributed by atoms with E-state index in [9.17, 15) is 0 Å². The van der Waals surface area contributed by atoms with E-state index >= 15 is 0 Å². The van der Waals surface area contributed by atoms with E-state index in [1.807, 2.05) is 12.3 Å². The van der Waals surface area contributed by atoms with E-state index in [0.717, 1.165) is 18.0 Å². The molecular weight excluding hydrogens is 244 g/mol. The fraction of sp³-hybridized carbons (Fsp3) is 0.500. The number of hydrogen-bond donors (Lipinski definition) is 1. The van der Waals surface area contributed by atoms with E-state index in [1.165, 1.54) is 30.2 Å². The lowest BCUT2D eigenvalue weighted by atomic mass is 9.90. The highest BCUT2D eigenvalue weighted by molar-refractivity contribution is 5.79. The maximum atomic E-state index is 4.50. The van der Waals surface area contributed by atoms with Gasteiger partial charge in [-0.3, -0.25) is 4.98 Å². The highest BCUT2D eigenvalue weighted by Gasteiger charge is 2.33. The molecule has 1 heterocycles. The molecule has 106 valence electrons. The second-order valence-corrected chi connectivity index (χ2v) is 6.08. The van der Waals surface area contributed by atoms with Crippen molar-refractivity contribution in [2.75, 3.05) is 6.54 Å². The number of nitrogens with zero attached hydrogens (tertiary/aromatic N) is 1. The zero-order valence-corrected chi connectivity index (χ0v) is 12.5. The number of aromatic nitrogens is 1. The number of rotatable bonds is 6. The highest BCUT2D eigenvalue weighted by atomic mass is 14.9. The van der Waals surface area contributed by atoms with Crippen molar-refractivity contribution in [3.63, 3.8) is 0 Å². The Labute approximate surface area is 121 Å². The van der Waals surface area contributed by atoms with E-state index in [4.69, 9.17) is 0 Å². The van der Waals surface area contributed by atoms with Gasteiger partial charge in [0.1, 0.15) is 0 Å². The molecule has 1 aliphatic carbocycles. The van der Waals surface area contributed by atoms with Crippen LogP contribution in [0.15, 0.2) is 36.5 Å². The molecule has 2 unspecified atom stereocenters. The van der Waals surface area contributed by atoms with Gasteiger partial charge in [-0.15, -0.1) is 0 Å². The summed E-state index contributed by atoms with van der Waals surface area (Å²) in [5.74, 6) is 1.62. The molecule has 0 bridgehead atoms. The number of pyridine rings is 1. The van der Waals surface area contributed by atoms with Crippen LogP contribution in [0.4, 0.5) is 0 Å². The quantitative estimate of drug-likeness (QED) is 0.844. The third kappa shape index (κ3) is 2.85. The van der Waals surface area contributed by atoms with Crippen LogP contribution in [0, 0.1) is 11.8 Å². The molecule has 1 saturated carbocycles. The van der Waals surface area contributed by atoms with E-state index in [0.29, 0.717) is 12.0 Å². The first kappa shape index (κ1) is 13.6. The Kier molecular flexibility index (Phi) is 4.02. The van der Waals surface area contributed by atoms with Gasteiger partial charge in [-0.05, 0) is 55.3 Å². The first-order valence-corrected chi connectivity index (χ1v) is 7.87. The second-order valence-electron chi connectivity index (χ2n) is 6.08. The monoisotopic (exact) mass is 268 g/mol. The molecule has 2 aromatic rings. The van der Waals surface area contributed by atoms with Gasteiger partial charge in [-0.1, -0.05) is 32.0 Å². The summed E-state index contributed by atoms with van der Waals surface area (Å²) in [7, 11) is 0. The minimum absolute atomic E-state index is 0.467. The Morgan fingerprint density at radius 1 is 1.30 bits per heavy atom. The predicted octanol–water partition coefficient (Wildman–Crippen LogP) is 4.32. The van der Waals surface area contributed by atoms with Crippen LogP contribution in [0.5, 0.6) is 0 Å². The molecule has 0 amide bonds. The molecule has 20 heavy (non-hydrogen) atoms. The molecule has 0 spiro atoms. The summed E-state index contributed by atoms with van der Waals surface area (Å²) in [5.41, 5.74) is 2.50. The van der Waals surface area contributed by atoms with E-state index in [-0.39, 0.29) is 0 Å². The van der Waals surface area contributed by atoms with Gasteiger partial charge in [-0.25, -0.2) is 0 Å². The highest BCUT2D eigenvalue weighted by Crippen LogP contribution is 2.42. The molecule has 0 aliphatic heterocycles. The van der Waals surface area contributed by atoms with Crippen LogP contribution in [0.1, 0.15) is 44.7 Å². The largest absolute Gasteiger partial charge is 0.310 e. The molecule has 2 nitrogen and oxygen atoms in total. The summed E-state index contributed by atoms with van der Waals surface area (Å²) in [4.78, 5) is 4.50. The van der Waals surface area contributed by atoms with Crippen molar-refractivity contribution < 1.29 is 0 Å². The third-order valence-corrected chi connectivity index (χ3v) is 4.49. The van der Waals surface area contributed by atoms with Gasteiger partial charge < -0.3 is 5.32 Å². The predicted molar refractivity (Wildman–Crippen MR) is 84.7 cm³/mol. The molecule has 1 N–H and O–H groups in total. The van der Waals surface area contributed by atoms with Crippen molar-refractivity contribution in [1.29, 1.82) is 0 Å². The average Bonchev–Trinajstić information content (AvgIpc) is 3.32. The van der Waals surface area contributed by atoms with Gasteiger partial charge in [0, 0.05) is 17.6 Å². The van der Waals surface area contributed by atoms with Crippen molar-refractivity contribution in [1.82, 2.24) is 10.3 Å². The fourth-order valence-corrected chi connectivity index (χ4v) is 3.08. The molecule has 1 aromatic heterocycles. The molecule has 1 fully saturated rings. The van der Waals surface area contributed by atoms with Crippen molar-refractivity contribution in [2.45, 2.75) is 39.2 Å². The summed E-state index contributed by atoms with van der Waals surface area (Å²) in [6, 6.07) is 11.3. The number of fused-ring (bicyclic) bond motifs is 1. The van der Waals surface area contributed by atoms with Crippen LogP contribution >= 0.6 is 0 Å². The number of benzene rings is 1. The Morgan fingerprint density at radius 3 is 2.90 bits per heavy atom. The summed E-state index contributed by atoms with van der Waals surface area (Å²) in [6.07, 6.45) is 5.86. The molecule has 3 rings (SSSR count). The molecule has 0 radical (unpaired) electrons. The smallest absolute Gasteiger partial charge is 0.0705 e. The maximum Gasteiger partial charge on any atom is 0.0705 e. The number of nitrogens with one attached hydrogen (secondary N) is 1. The van der Waals surface area contributed by atoms with Crippen molar-refractivity contribution in [2.24, 2.45) is 11.8 Å². The lowest BCUT2D eigenvalue weighted by molar-refractivity contribution is 0.350. The second kappa shape index (κ2) is 5.92. The Hall–Kier alpha value is -1.41. The van der Waals surface area contributed by atoms with Crippen LogP contribution < -0.4 is 5.32 Å². The van der Waals surface area contributed by atoms with Gasteiger partial charge in [0.15, 0.2) is 0 Å². The summed E-state index contributed by atoms with van der Waals surface area (Å²) >= 11 is 0. The van der Waals surface area contributed by atoms with E-state index < -0.39 is 0 Å². The number of hydrogen-bond acceptors (Lipinski definition) is 2. The van der Waals surface area contributed by atoms with E-state index in [2.05, 4.69) is 48.4 Å². The summed E-state index contributed by atoms with van der Waals surface area (Å²) in [6.45, 7) is 5.71. The summed E-state index contributed by atoms with van der Waals surface area (Å²) < 4.78 is 0. The van der Waals surface area contributed by atoms with Crippen LogP contribution in [-0.4, -0.2) is 11.5 Å². The first-order chi connectivity index (χ1) is 9.79. The minimum atomic E-state index is 0.467. The van der Waals surface area contributed by atoms with Gasteiger partial charge in [0.2, 0.25) is 0 Å². The molecule has 1 aliphatic rings. The standard InChI is InChI=1S/C18H24N2/c1-3-10-20-18(13(2)14-6-7-14)16-9-8-15-5-4-11-19-17(15)12-16/h4-5,8-9,11-14,18,20H,3,6-7,10H2,1-2H3. The molecule has 0 saturated heterocycles. The SMILES string of the molecule is CCCNC(c1ccc2cccnc2c1)C(C)C1CC1. The van der Waals surface area contributed by atoms with Crippen molar-refractivity contribution in [3.8, 4) is 0 Å². The van der Waals surface area contributed by atoms with Crippen molar-refractivity contribution in [3.05, 3.63) is 42.1 Å². The molecule has 2 heteroatoms. The lowest BCUT2D eigenvalue weighted by Gasteiger charge is -2.26. The first-order valence-electron chi connectivity index (χ1n) is 7.87. The summed E-state index contributed by atoms with van der Waals surface area (Å²) in [5, 5.41) is 4.97. The fourth-order valence-electron chi connectivity index (χ4n) is 3.08. The molecule has 1 aromatic carbocycles. The topological polar surface area (TPSA) is 24.9 Å². The Balaban J connectivity index is 1.90.